The number of methoxy groups -OCH3 is 2. The number of hydrogen-bond donors (Lipinski definition) is 1. The number of nitrogens with zero attached hydrogens (tertiary/aromatic N) is 1. The molecule has 0 aliphatic heterocycles. The first-order valence-electron chi connectivity index (χ1n) is 6.28. The molecule has 0 amide bonds. The number of hydrogen-bond acceptors (Lipinski definition) is 4. The number of likely N-dealkylation sites (N-methyl/N-ethyl adjacent to an activating group) is 2. The quantitative estimate of drug-likeness (QED) is 0.764. The van der Waals surface area contributed by atoms with Crippen LogP contribution < -0.4 is 15.0 Å². The number of ether oxygens (including phenoxy) is 2. The molecule has 1 aromatic rings. The first-order chi connectivity index (χ1) is 8.71. The van der Waals surface area contributed by atoms with Gasteiger partial charge < -0.3 is 19.7 Å². The predicted octanol–water partition coefficient (Wildman–Crippen LogP) is 1.76. The van der Waals surface area contributed by atoms with Crippen LogP contribution in [0.15, 0.2) is 24.3 Å². The van der Waals surface area contributed by atoms with Crippen LogP contribution in [-0.2, 0) is 4.74 Å². The highest BCUT2D eigenvalue weighted by Gasteiger charge is 2.10. The summed E-state index contributed by atoms with van der Waals surface area (Å²) in [5.41, 5.74) is 1.18. The van der Waals surface area contributed by atoms with Crippen LogP contribution in [0, 0.1) is 0 Å². The van der Waals surface area contributed by atoms with E-state index in [1.807, 2.05) is 12.1 Å². The van der Waals surface area contributed by atoms with Gasteiger partial charge in [0.15, 0.2) is 0 Å². The topological polar surface area (TPSA) is 33.7 Å². The molecule has 102 valence electrons. The minimum Gasteiger partial charge on any atom is -0.497 e. The van der Waals surface area contributed by atoms with Crippen molar-refractivity contribution in [3.63, 3.8) is 0 Å². The minimum absolute atomic E-state index is 0.340. The van der Waals surface area contributed by atoms with Crippen molar-refractivity contribution in [1.29, 1.82) is 0 Å². The van der Waals surface area contributed by atoms with Crippen LogP contribution in [0.4, 0.5) is 5.69 Å². The molecule has 0 saturated heterocycles. The zero-order valence-corrected chi connectivity index (χ0v) is 11.8. The maximum Gasteiger partial charge on any atom is 0.119 e. The predicted molar refractivity (Wildman–Crippen MR) is 75.6 cm³/mol. The Bertz CT molecular complexity index is 321. The molecule has 0 heterocycles. The summed E-state index contributed by atoms with van der Waals surface area (Å²) in [6.45, 7) is 4.68. The third-order valence-corrected chi connectivity index (χ3v) is 2.87. The van der Waals surface area contributed by atoms with E-state index in [0.717, 1.165) is 18.8 Å². The second-order valence-corrected chi connectivity index (χ2v) is 4.29. The van der Waals surface area contributed by atoms with E-state index in [-0.39, 0.29) is 0 Å². The Hall–Kier alpha value is -1.26. The van der Waals surface area contributed by atoms with Crippen LogP contribution in [0.25, 0.3) is 0 Å². The molecular weight excluding hydrogens is 228 g/mol. The Balaban J connectivity index is 2.58. The first kappa shape index (κ1) is 14.8. The molecule has 0 radical (unpaired) electrons. The molecule has 1 atom stereocenters. The summed E-state index contributed by atoms with van der Waals surface area (Å²) in [6.07, 6.45) is 0. The van der Waals surface area contributed by atoms with Gasteiger partial charge in [0.2, 0.25) is 0 Å². The van der Waals surface area contributed by atoms with E-state index in [9.17, 15) is 0 Å². The zero-order chi connectivity index (χ0) is 13.4. The first-order valence-corrected chi connectivity index (χ1v) is 6.28. The van der Waals surface area contributed by atoms with Gasteiger partial charge in [-0.25, -0.2) is 0 Å². The molecule has 18 heavy (non-hydrogen) atoms. The van der Waals surface area contributed by atoms with Crippen LogP contribution in [0.3, 0.4) is 0 Å². The summed E-state index contributed by atoms with van der Waals surface area (Å²) < 4.78 is 10.4. The highest BCUT2D eigenvalue weighted by Crippen LogP contribution is 2.18. The van der Waals surface area contributed by atoms with Gasteiger partial charge in [0.05, 0.1) is 13.7 Å². The summed E-state index contributed by atoms with van der Waals surface area (Å²) in [5.74, 6) is 0.882. The third-order valence-electron chi connectivity index (χ3n) is 2.87. The Morgan fingerprint density at radius 2 is 1.89 bits per heavy atom. The number of rotatable bonds is 8. The molecule has 0 aliphatic rings. The lowest BCUT2D eigenvalue weighted by Gasteiger charge is -2.26. The van der Waals surface area contributed by atoms with Gasteiger partial charge in [-0.3, -0.25) is 0 Å². The maximum absolute atomic E-state index is 5.22. The van der Waals surface area contributed by atoms with Gasteiger partial charge in [-0.15, -0.1) is 0 Å². The van der Waals surface area contributed by atoms with Crippen molar-refractivity contribution in [3.8, 4) is 5.75 Å². The van der Waals surface area contributed by atoms with E-state index in [1.165, 1.54) is 5.69 Å². The molecule has 0 bridgehead atoms. The summed E-state index contributed by atoms with van der Waals surface area (Å²) in [7, 11) is 5.50. The fourth-order valence-corrected chi connectivity index (χ4v) is 1.94. The number of anilines is 1. The van der Waals surface area contributed by atoms with Crippen molar-refractivity contribution in [2.24, 2.45) is 0 Å². The molecule has 4 heteroatoms. The van der Waals surface area contributed by atoms with E-state index >= 15 is 0 Å². The average molecular weight is 252 g/mol. The van der Waals surface area contributed by atoms with Gasteiger partial charge in [0.25, 0.3) is 0 Å². The molecule has 0 spiro atoms. The van der Waals surface area contributed by atoms with E-state index in [1.54, 1.807) is 14.2 Å². The Morgan fingerprint density at radius 3 is 2.39 bits per heavy atom. The Labute approximate surface area is 110 Å². The molecule has 4 nitrogen and oxygen atoms in total. The third kappa shape index (κ3) is 4.55. The van der Waals surface area contributed by atoms with Gasteiger partial charge in [-0.2, -0.15) is 0 Å². The van der Waals surface area contributed by atoms with E-state index < -0.39 is 0 Å². The normalized spacial score (nSPS) is 12.2. The number of benzene rings is 1. The molecular formula is C14H24N2O2. The van der Waals surface area contributed by atoms with Gasteiger partial charge >= 0.3 is 0 Å². The summed E-state index contributed by atoms with van der Waals surface area (Å²) in [6, 6.07) is 8.42. The van der Waals surface area contributed by atoms with Crippen molar-refractivity contribution in [3.05, 3.63) is 24.3 Å². The summed E-state index contributed by atoms with van der Waals surface area (Å²) in [4.78, 5) is 2.21. The van der Waals surface area contributed by atoms with E-state index in [0.29, 0.717) is 12.6 Å². The zero-order valence-electron chi connectivity index (χ0n) is 11.8. The molecule has 0 saturated carbocycles. The largest absolute Gasteiger partial charge is 0.497 e. The number of nitrogens with one attached hydrogen (secondary N) is 1. The standard InChI is InChI=1S/C14H24N2O2/c1-5-15-12(11-17-3)10-16(2)13-6-8-14(18-4)9-7-13/h6-9,12,15H,5,10-11H2,1-4H3. The Kier molecular flexibility index (Phi) is 6.54. The van der Waals surface area contributed by atoms with Gasteiger partial charge in [0, 0.05) is 32.4 Å². The molecule has 0 aromatic heterocycles. The fraction of sp³-hybridized carbons (Fsp3) is 0.571. The lowest BCUT2D eigenvalue weighted by Crippen LogP contribution is -2.42. The molecule has 1 unspecified atom stereocenters. The van der Waals surface area contributed by atoms with Crippen LogP contribution in [-0.4, -0.2) is 47.0 Å². The Morgan fingerprint density at radius 1 is 1.22 bits per heavy atom. The van der Waals surface area contributed by atoms with Crippen molar-refractivity contribution in [2.45, 2.75) is 13.0 Å². The average Bonchev–Trinajstić information content (AvgIpc) is 2.39. The second kappa shape index (κ2) is 7.95. The minimum atomic E-state index is 0.340. The van der Waals surface area contributed by atoms with E-state index in [2.05, 4.69) is 36.3 Å². The summed E-state index contributed by atoms with van der Waals surface area (Å²) >= 11 is 0. The molecule has 0 aliphatic carbocycles. The SMILES string of the molecule is CCNC(COC)CN(C)c1ccc(OC)cc1. The maximum atomic E-state index is 5.22. The molecule has 1 aromatic carbocycles. The van der Waals surface area contributed by atoms with Crippen molar-refractivity contribution >= 4 is 5.69 Å². The van der Waals surface area contributed by atoms with Crippen LogP contribution in [0.1, 0.15) is 6.92 Å². The van der Waals surface area contributed by atoms with E-state index in [4.69, 9.17) is 9.47 Å². The van der Waals surface area contributed by atoms with Crippen molar-refractivity contribution in [2.75, 3.05) is 45.9 Å². The van der Waals surface area contributed by atoms with Gasteiger partial charge in [0.1, 0.15) is 5.75 Å². The smallest absolute Gasteiger partial charge is 0.119 e. The molecule has 0 fully saturated rings. The van der Waals surface area contributed by atoms with Gasteiger partial charge in [-0.05, 0) is 30.8 Å². The molecule has 1 rings (SSSR count). The van der Waals surface area contributed by atoms with Crippen LogP contribution in [0.5, 0.6) is 5.75 Å². The second-order valence-electron chi connectivity index (χ2n) is 4.29. The van der Waals surface area contributed by atoms with Crippen molar-refractivity contribution in [1.82, 2.24) is 5.32 Å². The van der Waals surface area contributed by atoms with Crippen LogP contribution in [0.2, 0.25) is 0 Å². The molecule has 1 N–H and O–H groups in total. The monoisotopic (exact) mass is 252 g/mol. The van der Waals surface area contributed by atoms with Crippen molar-refractivity contribution < 1.29 is 9.47 Å². The fourth-order valence-electron chi connectivity index (χ4n) is 1.94. The van der Waals surface area contributed by atoms with Crippen LogP contribution >= 0.6 is 0 Å². The highest BCUT2D eigenvalue weighted by atomic mass is 16.5. The summed E-state index contributed by atoms with van der Waals surface area (Å²) in [5, 5.41) is 3.42. The highest BCUT2D eigenvalue weighted by molar-refractivity contribution is 5.48. The lowest BCUT2D eigenvalue weighted by atomic mass is 10.2. The lowest BCUT2D eigenvalue weighted by molar-refractivity contribution is 0.169. The van der Waals surface area contributed by atoms with Gasteiger partial charge in [-0.1, -0.05) is 6.92 Å².